The number of nitro benzene ring substituents is 1. The summed E-state index contributed by atoms with van der Waals surface area (Å²) in [6, 6.07) is 11.8. The molecule has 0 aliphatic heterocycles. The molecule has 0 spiro atoms. The lowest BCUT2D eigenvalue weighted by atomic mass is 10.2. The van der Waals surface area contributed by atoms with E-state index in [1.165, 1.54) is 24.4 Å². The molecule has 2 rings (SSSR count). The molecule has 0 aliphatic carbocycles. The van der Waals surface area contributed by atoms with Crippen LogP contribution in [-0.4, -0.2) is 22.2 Å². The quantitative estimate of drug-likeness (QED) is 0.212. The van der Waals surface area contributed by atoms with Crippen molar-refractivity contribution in [3.63, 3.8) is 0 Å². The van der Waals surface area contributed by atoms with Crippen molar-refractivity contribution in [2.45, 2.75) is 0 Å². The maximum atomic E-state index is 12.0. The van der Waals surface area contributed by atoms with Crippen molar-refractivity contribution in [3.8, 4) is 5.75 Å². The van der Waals surface area contributed by atoms with Crippen LogP contribution in [0.25, 0.3) is 0 Å². The first-order valence-electron chi connectivity index (χ1n) is 6.61. The molecule has 0 saturated heterocycles. The Hall–Kier alpha value is -3.33. The minimum atomic E-state index is -0.685. The number of nitrogens with two attached hydrogens (primary N) is 1. The van der Waals surface area contributed by atoms with Crippen molar-refractivity contribution < 1.29 is 14.5 Å². The number of hydrogen-bond donors (Lipinski definition) is 2. The van der Waals surface area contributed by atoms with Gasteiger partial charge >= 0.3 is 5.97 Å². The summed E-state index contributed by atoms with van der Waals surface area (Å²) in [4.78, 5) is 22.2. The number of rotatable bonds is 5. The first kappa shape index (κ1) is 17.0. The number of benzene rings is 2. The molecule has 0 unspecified atom stereocenters. The molecular formula is C15H12N4O4S. The van der Waals surface area contributed by atoms with Crippen molar-refractivity contribution >= 4 is 35.2 Å². The standard InChI is InChI=1S/C15H12N4O4S/c16-15(24)18-17-9-10-4-6-13(7-5-10)23-14(20)11-2-1-3-12(8-11)19(21)22/h1-9H,(H3,16,18,24)/b17-9-. The third-order valence-electron chi connectivity index (χ3n) is 2.77. The predicted molar refractivity (Wildman–Crippen MR) is 92.0 cm³/mol. The highest BCUT2D eigenvalue weighted by atomic mass is 32.1. The van der Waals surface area contributed by atoms with E-state index in [0.717, 1.165) is 11.6 Å². The van der Waals surface area contributed by atoms with Gasteiger partial charge in [0.25, 0.3) is 5.69 Å². The summed E-state index contributed by atoms with van der Waals surface area (Å²) in [7, 11) is 0. The predicted octanol–water partition coefficient (Wildman–Crippen LogP) is 1.98. The van der Waals surface area contributed by atoms with E-state index >= 15 is 0 Å². The van der Waals surface area contributed by atoms with Crippen LogP contribution in [0, 0.1) is 10.1 Å². The van der Waals surface area contributed by atoms with Gasteiger partial charge in [0, 0.05) is 12.1 Å². The number of esters is 1. The van der Waals surface area contributed by atoms with Crippen LogP contribution in [0.4, 0.5) is 5.69 Å². The first-order valence-corrected chi connectivity index (χ1v) is 7.02. The Morgan fingerprint density at radius 3 is 2.62 bits per heavy atom. The zero-order valence-corrected chi connectivity index (χ0v) is 13.0. The molecule has 0 heterocycles. The summed E-state index contributed by atoms with van der Waals surface area (Å²) in [5.41, 5.74) is 8.29. The highest BCUT2D eigenvalue weighted by molar-refractivity contribution is 7.80. The van der Waals surface area contributed by atoms with Crippen molar-refractivity contribution in [2.75, 3.05) is 0 Å². The maximum absolute atomic E-state index is 12.0. The molecule has 9 heteroatoms. The highest BCUT2D eigenvalue weighted by Gasteiger charge is 2.13. The normalized spacial score (nSPS) is 10.3. The van der Waals surface area contributed by atoms with E-state index in [1.54, 1.807) is 24.3 Å². The van der Waals surface area contributed by atoms with Crippen LogP contribution in [0.5, 0.6) is 5.75 Å². The molecule has 2 aromatic carbocycles. The zero-order chi connectivity index (χ0) is 17.5. The lowest BCUT2D eigenvalue weighted by Gasteiger charge is -2.04. The van der Waals surface area contributed by atoms with Crippen molar-refractivity contribution in [1.29, 1.82) is 0 Å². The molecule has 0 aliphatic rings. The van der Waals surface area contributed by atoms with Crippen molar-refractivity contribution in [1.82, 2.24) is 5.43 Å². The molecule has 0 radical (unpaired) electrons. The minimum absolute atomic E-state index is 0.0498. The highest BCUT2D eigenvalue weighted by Crippen LogP contribution is 2.17. The fraction of sp³-hybridized carbons (Fsp3) is 0. The van der Waals surface area contributed by atoms with E-state index in [0.29, 0.717) is 5.75 Å². The largest absolute Gasteiger partial charge is 0.423 e. The Balaban J connectivity index is 2.04. The summed E-state index contributed by atoms with van der Waals surface area (Å²) in [6.07, 6.45) is 1.49. The number of hydrogen-bond acceptors (Lipinski definition) is 6. The average Bonchev–Trinajstić information content (AvgIpc) is 2.56. The van der Waals surface area contributed by atoms with Crippen LogP contribution in [0.2, 0.25) is 0 Å². The fourth-order valence-electron chi connectivity index (χ4n) is 1.70. The number of hydrazone groups is 1. The fourth-order valence-corrected chi connectivity index (χ4v) is 1.76. The Bertz CT molecular complexity index is 805. The Kier molecular flexibility index (Phi) is 5.53. The molecule has 0 bridgehead atoms. The molecular weight excluding hydrogens is 332 g/mol. The third kappa shape index (κ3) is 4.85. The van der Waals surface area contributed by atoms with Crippen LogP contribution < -0.4 is 15.9 Å². The van der Waals surface area contributed by atoms with Gasteiger partial charge in [-0.2, -0.15) is 5.10 Å². The van der Waals surface area contributed by atoms with Crippen molar-refractivity contribution in [3.05, 3.63) is 69.8 Å². The molecule has 0 fully saturated rings. The molecule has 24 heavy (non-hydrogen) atoms. The zero-order valence-electron chi connectivity index (χ0n) is 12.2. The van der Waals surface area contributed by atoms with Crippen LogP contribution in [-0.2, 0) is 0 Å². The van der Waals surface area contributed by atoms with E-state index in [2.05, 4.69) is 22.7 Å². The summed E-state index contributed by atoms with van der Waals surface area (Å²) in [6.45, 7) is 0. The molecule has 3 N–H and O–H groups in total. The van der Waals surface area contributed by atoms with Gasteiger partial charge < -0.3 is 10.5 Å². The topological polar surface area (TPSA) is 120 Å². The summed E-state index contributed by atoms with van der Waals surface area (Å²) in [5.74, 6) is -0.388. The molecule has 0 aromatic heterocycles. The average molecular weight is 344 g/mol. The second-order valence-corrected chi connectivity index (χ2v) is 4.94. The Labute approximate surface area is 142 Å². The SMILES string of the molecule is NC(=S)N/N=C\c1ccc(OC(=O)c2cccc([N+](=O)[O-])c2)cc1. The summed E-state index contributed by atoms with van der Waals surface area (Å²) in [5, 5.41) is 14.6. The number of thiocarbonyl (C=S) groups is 1. The smallest absolute Gasteiger partial charge is 0.343 e. The van der Waals surface area contributed by atoms with Gasteiger partial charge in [-0.25, -0.2) is 4.79 Å². The van der Waals surface area contributed by atoms with Gasteiger partial charge in [0.15, 0.2) is 5.11 Å². The maximum Gasteiger partial charge on any atom is 0.343 e. The van der Waals surface area contributed by atoms with Gasteiger partial charge in [-0.1, -0.05) is 6.07 Å². The molecule has 0 saturated carbocycles. The number of nitro groups is 1. The second-order valence-electron chi connectivity index (χ2n) is 4.50. The van der Waals surface area contributed by atoms with Gasteiger partial charge in [-0.05, 0) is 48.1 Å². The van der Waals surface area contributed by atoms with Gasteiger partial charge in [-0.3, -0.25) is 15.5 Å². The molecule has 0 amide bonds. The Morgan fingerprint density at radius 2 is 2.00 bits per heavy atom. The monoisotopic (exact) mass is 344 g/mol. The Morgan fingerprint density at radius 1 is 1.29 bits per heavy atom. The second kappa shape index (κ2) is 7.79. The van der Waals surface area contributed by atoms with E-state index in [9.17, 15) is 14.9 Å². The number of non-ortho nitro benzene ring substituents is 1. The number of nitrogens with one attached hydrogen (secondary N) is 1. The van der Waals surface area contributed by atoms with E-state index < -0.39 is 10.9 Å². The first-order chi connectivity index (χ1) is 11.5. The summed E-state index contributed by atoms with van der Waals surface area (Å²) >= 11 is 4.60. The van der Waals surface area contributed by atoms with Crippen molar-refractivity contribution in [2.24, 2.45) is 10.8 Å². The summed E-state index contributed by atoms with van der Waals surface area (Å²) < 4.78 is 5.17. The van der Waals surface area contributed by atoms with Gasteiger partial charge in [0.05, 0.1) is 16.7 Å². The van der Waals surface area contributed by atoms with E-state index in [1.807, 2.05) is 0 Å². The third-order valence-corrected chi connectivity index (χ3v) is 2.86. The van der Waals surface area contributed by atoms with Gasteiger partial charge in [0.1, 0.15) is 5.75 Å². The van der Waals surface area contributed by atoms with Crippen LogP contribution >= 0.6 is 12.2 Å². The van der Waals surface area contributed by atoms with Crippen LogP contribution in [0.3, 0.4) is 0 Å². The molecule has 8 nitrogen and oxygen atoms in total. The number of nitrogens with zero attached hydrogens (tertiary/aromatic N) is 2. The van der Waals surface area contributed by atoms with Gasteiger partial charge in [0.2, 0.25) is 0 Å². The van der Waals surface area contributed by atoms with Gasteiger partial charge in [-0.15, -0.1) is 0 Å². The van der Waals surface area contributed by atoms with E-state index in [4.69, 9.17) is 10.5 Å². The van der Waals surface area contributed by atoms with Crippen LogP contribution in [0.15, 0.2) is 53.6 Å². The molecule has 122 valence electrons. The molecule has 0 atom stereocenters. The number of carbonyl (C=O) groups is 1. The lowest BCUT2D eigenvalue weighted by molar-refractivity contribution is -0.384. The number of ether oxygens (including phenoxy) is 1. The number of carbonyl (C=O) groups excluding carboxylic acids is 1. The van der Waals surface area contributed by atoms with E-state index in [-0.39, 0.29) is 16.4 Å². The molecule has 2 aromatic rings. The lowest BCUT2D eigenvalue weighted by Crippen LogP contribution is -2.23. The van der Waals surface area contributed by atoms with Crippen LogP contribution in [0.1, 0.15) is 15.9 Å². The minimum Gasteiger partial charge on any atom is -0.423 e.